The summed E-state index contributed by atoms with van der Waals surface area (Å²) in [6.45, 7) is 0. The van der Waals surface area contributed by atoms with Gasteiger partial charge >= 0.3 is 0 Å². The first-order valence-electron chi connectivity index (χ1n) is 4.04. The molecule has 3 heteroatoms. The Balaban J connectivity index is 2.59. The van der Waals surface area contributed by atoms with E-state index in [2.05, 4.69) is 31.1 Å². The summed E-state index contributed by atoms with van der Waals surface area (Å²) in [5.41, 5.74) is 0. The second-order valence-electron chi connectivity index (χ2n) is 3.14. The molecule has 1 rings (SSSR count). The van der Waals surface area contributed by atoms with E-state index in [9.17, 15) is 0 Å². The third-order valence-electron chi connectivity index (χ3n) is 1.69. The fourth-order valence-corrected chi connectivity index (χ4v) is 3.84. The van der Waals surface area contributed by atoms with Gasteiger partial charge in [-0.05, 0) is 19.3 Å². The molecule has 0 saturated heterocycles. The zero-order chi connectivity index (χ0) is 8.97. The molecule has 0 radical (unpaired) electrons. The predicted octanol–water partition coefficient (Wildman–Crippen LogP) is 0.957. The van der Waals surface area contributed by atoms with Crippen LogP contribution in [0, 0.1) is 0 Å². The predicted molar refractivity (Wildman–Crippen MR) is 57.6 cm³/mol. The van der Waals surface area contributed by atoms with E-state index in [4.69, 9.17) is 11.1 Å². The summed E-state index contributed by atoms with van der Waals surface area (Å²) in [6, 6.07) is 10.4. The maximum absolute atomic E-state index is 6.30. The molecule has 0 aliphatic carbocycles. The molecule has 1 aromatic carbocycles. The Labute approximate surface area is 80.3 Å². The number of hydrogen-bond acceptors (Lipinski definition) is 1. The van der Waals surface area contributed by atoms with Crippen molar-refractivity contribution in [1.29, 1.82) is 0 Å². The lowest BCUT2D eigenvalue weighted by Gasteiger charge is -2.13. The zero-order valence-corrected chi connectivity index (χ0v) is 9.41. The van der Waals surface area contributed by atoms with Crippen LogP contribution in [0.5, 0.6) is 0 Å². The molecule has 1 unspecified atom stereocenters. The number of rotatable bonds is 3. The van der Waals surface area contributed by atoms with Crippen molar-refractivity contribution >= 4 is 24.4 Å². The Hall–Kier alpha value is -0.313. The average Bonchev–Trinajstić information content (AvgIpc) is 2.05. The van der Waals surface area contributed by atoms with Crippen LogP contribution in [0.15, 0.2) is 30.3 Å². The molecule has 0 aliphatic rings. The molecule has 1 nitrogen and oxygen atoms in total. The molecule has 0 spiro atoms. The topological polar surface area (TPSA) is 3.24 Å². The van der Waals surface area contributed by atoms with Crippen LogP contribution in [-0.4, -0.2) is 33.3 Å². The highest BCUT2D eigenvalue weighted by Gasteiger charge is 2.09. The summed E-state index contributed by atoms with van der Waals surface area (Å²) in [4.78, 5) is 2.15. The van der Waals surface area contributed by atoms with Gasteiger partial charge in [0.05, 0.1) is 0 Å². The molecule has 12 heavy (non-hydrogen) atoms. The number of hydrogen-bond donors (Lipinski definition) is 0. The molecule has 0 aromatic heterocycles. The van der Waals surface area contributed by atoms with Crippen molar-refractivity contribution in [3.05, 3.63) is 30.3 Å². The Bertz CT molecular complexity index is 225. The fourth-order valence-electron chi connectivity index (χ4n) is 1.09. The van der Waals surface area contributed by atoms with E-state index in [1.54, 1.807) is 0 Å². The Kier molecular flexibility index (Phi) is 3.79. The molecule has 0 bridgehead atoms. The summed E-state index contributed by atoms with van der Waals surface area (Å²) in [5, 5.41) is 1.33. The van der Waals surface area contributed by atoms with Crippen molar-refractivity contribution in [3.8, 4) is 0 Å². The van der Waals surface area contributed by atoms with Crippen LogP contribution in [0.25, 0.3) is 0 Å². The smallest absolute Gasteiger partial charge is 0.185 e. The van der Waals surface area contributed by atoms with E-state index in [0.717, 1.165) is 6.17 Å². The maximum Gasteiger partial charge on any atom is 0.185 e. The summed E-state index contributed by atoms with van der Waals surface area (Å²) >= 11 is 6.30. The molecular weight excluding hydrogens is 186 g/mol. The average molecular weight is 200 g/mol. The molecule has 0 amide bonds. The van der Waals surface area contributed by atoms with E-state index < -0.39 is 8.11 Å². The van der Waals surface area contributed by atoms with Crippen molar-refractivity contribution in [2.45, 2.75) is 0 Å². The molecule has 1 aromatic rings. The lowest BCUT2D eigenvalue weighted by atomic mass is 10.4. The molecular formula is C9H14ClNSi. The number of benzene rings is 1. The summed E-state index contributed by atoms with van der Waals surface area (Å²) < 4.78 is 0. The molecule has 0 aliphatic heterocycles. The normalized spacial score (nSPS) is 13.3. The molecule has 0 heterocycles. The Morgan fingerprint density at radius 1 is 1.25 bits per heavy atom. The second kappa shape index (κ2) is 4.65. The van der Waals surface area contributed by atoms with Gasteiger partial charge in [-0.2, -0.15) is 11.1 Å². The van der Waals surface area contributed by atoms with Crippen LogP contribution < -0.4 is 5.19 Å². The van der Waals surface area contributed by atoms with Gasteiger partial charge in [-0.15, -0.1) is 0 Å². The monoisotopic (exact) mass is 199 g/mol. The summed E-state index contributed by atoms with van der Waals surface area (Å²) in [6.07, 6.45) is 1.02. The lowest BCUT2D eigenvalue weighted by Crippen LogP contribution is -2.35. The summed E-state index contributed by atoms with van der Waals surface area (Å²) in [7, 11) is 2.90. The van der Waals surface area contributed by atoms with Gasteiger partial charge in [-0.25, -0.2) is 0 Å². The Morgan fingerprint density at radius 3 is 2.33 bits per heavy atom. The van der Waals surface area contributed by atoms with E-state index in [-0.39, 0.29) is 0 Å². The largest absolute Gasteiger partial charge is 0.311 e. The maximum atomic E-state index is 6.30. The van der Waals surface area contributed by atoms with Gasteiger partial charge in [-0.3, -0.25) is 0 Å². The SMILES string of the molecule is CN(C)C[SiH](Cl)c1ccccc1. The third-order valence-corrected chi connectivity index (χ3v) is 5.02. The van der Waals surface area contributed by atoms with Crippen molar-refractivity contribution in [2.75, 3.05) is 20.3 Å². The van der Waals surface area contributed by atoms with Gasteiger partial charge in [0, 0.05) is 6.17 Å². The quantitative estimate of drug-likeness (QED) is 0.518. The van der Waals surface area contributed by atoms with Gasteiger partial charge in [0.25, 0.3) is 0 Å². The third kappa shape index (κ3) is 2.97. The van der Waals surface area contributed by atoms with Gasteiger partial charge in [-0.1, -0.05) is 30.3 Å². The molecule has 0 fully saturated rings. The fraction of sp³-hybridized carbons (Fsp3) is 0.333. The highest BCUT2D eigenvalue weighted by Crippen LogP contribution is 1.94. The van der Waals surface area contributed by atoms with E-state index >= 15 is 0 Å². The van der Waals surface area contributed by atoms with Crippen LogP contribution >= 0.6 is 11.1 Å². The number of nitrogens with zero attached hydrogens (tertiary/aromatic N) is 1. The van der Waals surface area contributed by atoms with Crippen LogP contribution in [0.3, 0.4) is 0 Å². The second-order valence-corrected chi connectivity index (χ2v) is 6.69. The van der Waals surface area contributed by atoms with E-state index in [1.807, 2.05) is 18.2 Å². The molecule has 1 atom stereocenters. The molecule has 0 saturated carbocycles. The minimum Gasteiger partial charge on any atom is -0.311 e. The van der Waals surface area contributed by atoms with Crippen molar-refractivity contribution < 1.29 is 0 Å². The van der Waals surface area contributed by atoms with Gasteiger partial charge in [0.1, 0.15) is 0 Å². The highest BCUT2D eigenvalue weighted by atomic mass is 35.6. The summed E-state index contributed by atoms with van der Waals surface area (Å²) in [5.74, 6) is 0. The first-order valence-corrected chi connectivity index (χ1v) is 7.18. The van der Waals surface area contributed by atoms with Gasteiger partial charge < -0.3 is 4.90 Å². The minimum absolute atomic E-state index is 1.02. The highest BCUT2D eigenvalue weighted by molar-refractivity contribution is 7.14. The van der Waals surface area contributed by atoms with Crippen molar-refractivity contribution in [3.63, 3.8) is 0 Å². The van der Waals surface area contributed by atoms with Crippen molar-refractivity contribution in [1.82, 2.24) is 4.90 Å². The Morgan fingerprint density at radius 2 is 1.83 bits per heavy atom. The van der Waals surface area contributed by atoms with Crippen molar-refractivity contribution in [2.24, 2.45) is 0 Å². The van der Waals surface area contributed by atoms with Crippen LogP contribution in [0.2, 0.25) is 0 Å². The standard InChI is InChI=1S/C9H14ClNSi/c1-11(2)8-12(10)9-6-4-3-5-7-9/h3-7,12H,8H2,1-2H3. The van der Waals surface area contributed by atoms with E-state index in [0.29, 0.717) is 0 Å². The van der Waals surface area contributed by atoms with E-state index in [1.165, 1.54) is 5.19 Å². The zero-order valence-electron chi connectivity index (χ0n) is 7.50. The first-order chi connectivity index (χ1) is 5.70. The van der Waals surface area contributed by atoms with Gasteiger partial charge in [0.15, 0.2) is 8.11 Å². The number of halogens is 1. The van der Waals surface area contributed by atoms with Crippen LogP contribution in [0.1, 0.15) is 0 Å². The van der Waals surface area contributed by atoms with Crippen LogP contribution in [-0.2, 0) is 0 Å². The minimum atomic E-state index is -1.22. The van der Waals surface area contributed by atoms with Crippen LogP contribution in [0.4, 0.5) is 0 Å². The molecule has 0 N–H and O–H groups in total. The van der Waals surface area contributed by atoms with Gasteiger partial charge in [0.2, 0.25) is 0 Å². The lowest BCUT2D eigenvalue weighted by molar-refractivity contribution is 0.477. The first kappa shape index (κ1) is 9.77. The molecule has 66 valence electrons.